The summed E-state index contributed by atoms with van der Waals surface area (Å²) in [6.45, 7) is 7.13. The van der Waals surface area contributed by atoms with Gasteiger partial charge in [0.15, 0.2) is 5.82 Å². The van der Waals surface area contributed by atoms with Crippen LogP contribution in [0.5, 0.6) is 0 Å². The highest BCUT2D eigenvalue weighted by Crippen LogP contribution is 2.39. The smallest absolute Gasteiger partial charge is 0.265 e. The fourth-order valence-corrected chi connectivity index (χ4v) is 4.24. The molecule has 1 amide bonds. The molecule has 1 aromatic carbocycles. The molecule has 8 heteroatoms. The van der Waals surface area contributed by atoms with E-state index >= 15 is 0 Å². The minimum atomic E-state index is -0.142. The SMILES string of the molecule is CC(=Nc1c(C)ncnc1N1CCc2cc(Cl)ccc21)C(=O)NCC1CCNCC1. The Labute approximate surface area is 182 Å². The molecule has 2 aliphatic rings. The van der Waals surface area contributed by atoms with Crippen molar-refractivity contribution in [2.24, 2.45) is 10.9 Å². The van der Waals surface area contributed by atoms with Gasteiger partial charge in [0, 0.05) is 23.8 Å². The molecule has 0 unspecified atom stereocenters. The van der Waals surface area contributed by atoms with Gasteiger partial charge >= 0.3 is 0 Å². The number of rotatable bonds is 5. The van der Waals surface area contributed by atoms with E-state index in [4.69, 9.17) is 11.6 Å². The van der Waals surface area contributed by atoms with Gasteiger partial charge in [0.1, 0.15) is 17.7 Å². The Hall–Kier alpha value is -2.51. The number of nitrogens with zero attached hydrogens (tertiary/aromatic N) is 4. The van der Waals surface area contributed by atoms with E-state index < -0.39 is 0 Å². The monoisotopic (exact) mass is 426 g/mol. The Morgan fingerprint density at radius 2 is 2.13 bits per heavy atom. The molecule has 1 fully saturated rings. The molecule has 0 aliphatic carbocycles. The molecular formula is C22H27ClN6O. The van der Waals surface area contributed by atoms with Gasteiger partial charge in [0.2, 0.25) is 0 Å². The first-order valence-electron chi connectivity index (χ1n) is 10.4. The van der Waals surface area contributed by atoms with Crippen LogP contribution < -0.4 is 15.5 Å². The van der Waals surface area contributed by atoms with Crippen molar-refractivity contribution in [1.29, 1.82) is 0 Å². The number of halogens is 1. The van der Waals surface area contributed by atoms with Gasteiger partial charge in [-0.25, -0.2) is 15.0 Å². The molecule has 0 radical (unpaired) electrons. The summed E-state index contributed by atoms with van der Waals surface area (Å²) in [5.74, 6) is 1.10. The minimum absolute atomic E-state index is 0.142. The van der Waals surface area contributed by atoms with Crippen LogP contribution >= 0.6 is 11.6 Å². The first kappa shape index (κ1) is 20.8. The second-order valence-electron chi connectivity index (χ2n) is 7.91. The molecule has 30 heavy (non-hydrogen) atoms. The molecule has 1 aromatic heterocycles. The van der Waals surface area contributed by atoms with Gasteiger partial charge in [-0.3, -0.25) is 4.79 Å². The van der Waals surface area contributed by atoms with E-state index in [0.29, 0.717) is 29.7 Å². The van der Waals surface area contributed by atoms with Gasteiger partial charge in [-0.1, -0.05) is 11.6 Å². The standard InChI is InChI=1S/C22H27ClN6O/c1-14-20(28-15(2)22(30)25-12-16-5-8-24-9-6-16)21(27-13-26-14)29-10-7-17-11-18(23)3-4-19(17)29/h3-4,11,13,16,24H,5-10,12H2,1-2H3,(H,25,30). The fourth-order valence-electron chi connectivity index (χ4n) is 4.04. The molecule has 1 saturated heterocycles. The number of hydrogen-bond donors (Lipinski definition) is 2. The summed E-state index contributed by atoms with van der Waals surface area (Å²) in [6.07, 6.45) is 4.61. The second kappa shape index (κ2) is 9.10. The van der Waals surface area contributed by atoms with Gasteiger partial charge in [-0.15, -0.1) is 0 Å². The molecule has 0 atom stereocenters. The van der Waals surface area contributed by atoms with Crippen molar-refractivity contribution in [3.05, 3.63) is 40.8 Å². The maximum absolute atomic E-state index is 12.6. The molecule has 7 nitrogen and oxygen atoms in total. The van der Waals surface area contributed by atoms with E-state index in [1.54, 1.807) is 13.3 Å². The number of aromatic nitrogens is 2. The van der Waals surface area contributed by atoms with E-state index in [1.165, 1.54) is 5.56 Å². The maximum atomic E-state index is 12.6. The zero-order chi connectivity index (χ0) is 21.1. The predicted octanol–water partition coefficient (Wildman–Crippen LogP) is 3.34. The van der Waals surface area contributed by atoms with Crippen molar-refractivity contribution in [2.75, 3.05) is 31.1 Å². The van der Waals surface area contributed by atoms with Gasteiger partial charge in [-0.05, 0) is 75.9 Å². The Morgan fingerprint density at radius 3 is 2.93 bits per heavy atom. The van der Waals surface area contributed by atoms with Gasteiger partial charge in [-0.2, -0.15) is 0 Å². The van der Waals surface area contributed by atoms with E-state index in [1.807, 2.05) is 25.1 Å². The Morgan fingerprint density at radius 1 is 1.33 bits per heavy atom. The van der Waals surface area contributed by atoms with Crippen molar-refractivity contribution in [2.45, 2.75) is 33.1 Å². The number of aliphatic imine (C=N–C) groups is 1. The average molecular weight is 427 g/mol. The number of aryl methyl sites for hydroxylation is 1. The predicted molar refractivity (Wildman–Crippen MR) is 120 cm³/mol. The number of amides is 1. The molecule has 0 spiro atoms. The molecule has 0 bridgehead atoms. The molecule has 3 heterocycles. The molecule has 2 N–H and O–H groups in total. The average Bonchev–Trinajstić information content (AvgIpc) is 3.16. The number of carbonyl (C=O) groups is 1. The highest BCUT2D eigenvalue weighted by molar-refractivity contribution is 6.38. The third-order valence-corrected chi connectivity index (χ3v) is 6.03. The normalized spacial score (nSPS) is 17.2. The van der Waals surface area contributed by atoms with E-state index in [-0.39, 0.29) is 5.91 Å². The first-order chi connectivity index (χ1) is 14.5. The lowest BCUT2D eigenvalue weighted by atomic mass is 9.98. The minimum Gasteiger partial charge on any atom is -0.351 e. The summed E-state index contributed by atoms with van der Waals surface area (Å²) in [4.78, 5) is 28.2. The third-order valence-electron chi connectivity index (χ3n) is 5.80. The van der Waals surface area contributed by atoms with Crippen LogP contribution in [0.1, 0.15) is 31.0 Å². The summed E-state index contributed by atoms with van der Waals surface area (Å²) >= 11 is 6.15. The zero-order valence-corrected chi connectivity index (χ0v) is 18.2. The van der Waals surface area contributed by atoms with Crippen molar-refractivity contribution in [3.63, 3.8) is 0 Å². The van der Waals surface area contributed by atoms with Crippen LogP contribution in [0.25, 0.3) is 0 Å². The lowest BCUT2D eigenvalue weighted by Gasteiger charge is -2.23. The largest absolute Gasteiger partial charge is 0.351 e. The van der Waals surface area contributed by atoms with Crippen molar-refractivity contribution in [1.82, 2.24) is 20.6 Å². The van der Waals surface area contributed by atoms with Crippen molar-refractivity contribution >= 4 is 40.4 Å². The Kier molecular flexibility index (Phi) is 6.29. The van der Waals surface area contributed by atoms with E-state index in [0.717, 1.165) is 55.3 Å². The summed E-state index contributed by atoms with van der Waals surface area (Å²) < 4.78 is 0. The molecule has 4 rings (SSSR count). The number of carbonyl (C=O) groups excluding carboxylic acids is 1. The highest BCUT2D eigenvalue weighted by Gasteiger charge is 2.25. The van der Waals surface area contributed by atoms with Crippen LogP contribution in [0.3, 0.4) is 0 Å². The van der Waals surface area contributed by atoms with Crippen molar-refractivity contribution in [3.8, 4) is 0 Å². The number of piperidine rings is 1. The van der Waals surface area contributed by atoms with E-state index in [2.05, 4.69) is 30.5 Å². The van der Waals surface area contributed by atoms with Crippen LogP contribution in [0.2, 0.25) is 5.02 Å². The van der Waals surface area contributed by atoms with Crippen LogP contribution in [0.15, 0.2) is 29.5 Å². The quantitative estimate of drug-likeness (QED) is 0.716. The highest BCUT2D eigenvalue weighted by atomic mass is 35.5. The molecule has 2 aromatic rings. The lowest BCUT2D eigenvalue weighted by Crippen LogP contribution is -2.38. The summed E-state index contributed by atoms with van der Waals surface area (Å²) in [5.41, 5.74) is 4.05. The summed E-state index contributed by atoms with van der Waals surface area (Å²) in [7, 11) is 0. The van der Waals surface area contributed by atoms with Gasteiger partial charge in [0.25, 0.3) is 5.91 Å². The van der Waals surface area contributed by atoms with Crippen LogP contribution in [-0.2, 0) is 11.2 Å². The second-order valence-corrected chi connectivity index (χ2v) is 8.34. The lowest BCUT2D eigenvalue weighted by molar-refractivity contribution is -0.115. The van der Waals surface area contributed by atoms with Crippen LogP contribution in [-0.4, -0.2) is 47.8 Å². The van der Waals surface area contributed by atoms with Crippen LogP contribution in [0, 0.1) is 12.8 Å². The molecule has 0 saturated carbocycles. The third kappa shape index (κ3) is 4.47. The molecule has 158 valence electrons. The molecular weight excluding hydrogens is 400 g/mol. The Balaban J connectivity index is 1.55. The van der Waals surface area contributed by atoms with E-state index in [9.17, 15) is 4.79 Å². The number of hydrogen-bond acceptors (Lipinski definition) is 6. The number of benzene rings is 1. The number of nitrogens with one attached hydrogen (secondary N) is 2. The maximum Gasteiger partial charge on any atom is 0.265 e. The number of anilines is 2. The zero-order valence-electron chi connectivity index (χ0n) is 17.4. The van der Waals surface area contributed by atoms with Gasteiger partial charge < -0.3 is 15.5 Å². The first-order valence-corrected chi connectivity index (χ1v) is 10.8. The fraction of sp³-hybridized carbons (Fsp3) is 0.455. The van der Waals surface area contributed by atoms with Gasteiger partial charge in [0.05, 0.1) is 5.69 Å². The summed E-state index contributed by atoms with van der Waals surface area (Å²) in [5, 5.41) is 7.11. The Bertz CT molecular complexity index is 970. The van der Waals surface area contributed by atoms with Crippen LogP contribution in [0.4, 0.5) is 17.2 Å². The topological polar surface area (TPSA) is 82.5 Å². The number of fused-ring (bicyclic) bond motifs is 1. The summed E-state index contributed by atoms with van der Waals surface area (Å²) in [6, 6.07) is 5.89. The van der Waals surface area contributed by atoms with Crippen molar-refractivity contribution < 1.29 is 4.79 Å². The molecule has 2 aliphatic heterocycles.